The topological polar surface area (TPSA) is 78.3 Å². The minimum absolute atomic E-state index is 0.132. The summed E-state index contributed by atoms with van der Waals surface area (Å²) in [5.74, 6) is 2.53. The lowest BCUT2D eigenvalue weighted by molar-refractivity contribution is -0.115. The molecule has 2 aromatic carbocycles. The molecule has 1 heterocycles. The van der Waals surface area contributed by atoms with E-state index in [1.807, 2.05) is 60.0 Å². The molecule has 3 aromatic rings. The largest absolute Gasteiger partial charge is 0.493 e. The molecule has 0 aliphatic carbocycles. The van der Waals surface area contributed by atoms with E-state index >= 15 is 0 Å². The van der Waals surface area contributed by atoms with Crippen LogP contribution in [0.3, 0.4) is 0 Å². The molecule has 3 rings (SSSR count). The highest BCUT2D eigenvalue weighted by Gasteiger charge is 2.16. The number of carbonyl (C=O) groups excluding carboxylic acids is 1. The van der Waals surface area contributed by atoms with Crippen molar-refractivity contribution in [3.63, 3.8) is 0 Å². The molecule has 1 amide bonds. The number of aryl methyl sites for hydroxylation is 1. The van der Waals surface area contributed by atoms with Gasteiger partial charge in [-0.15, -0.1) is 16.8 Å². The monoisotopic (exact) mass is 438 g/mol. The van der Waals surface area contributed by atoms with Crippen LogP contribution in [0.1, 0.15) is 11.4 Å². The molecule has 162 valence electrons. The number of carbonyl (C=O) groups is 1. The lowest BCUT2D eigenvalue weighted by Gasteiger charge is -2.11. The number of anilines is 1. The Balaban J connectivity index is 1.58. The first-order valence-electron chi connectivity index (χ1n) is 9.89. The summed E-state index contributed by atoms with van der Waals surface area (Å²) >= 11 is 1.52. The van der Waals surface area contributed by atoms with Gasteiger partial charge in [0.15, 0.2) is 16.7 Å². The Morgan fingerprint density at radius 1 is 1.16 bits per heavy atom. The zero-order valence-corrected chi connectivity index (χ0v) is 18.5. The summed E-state index contributed by atoms with van der Waals surface area (Å²) in [6, 6.07) is 15.2. The second-order valence-electron chi connectivity index (χ2n) is 6.69. The Labute approximate surface area is 186 Å². The van der Waals surface area contributed by atoms with Crippen LogP contribution in [0.25, 0.3) is 0 Å². The molecule has 0 unspecified atom stereocenters. The van der Waals surface area contributed by atoms with E-state index in [0.29, 0.717) is 36.2 Å². The summed E-state index contributed by atoms with van der Waals surface area (Å²) in [6.45, 7) is 6.77. The fourth-order valence-corrected chi connectivity index (χ4v) is 3.73. The standard InChI is InChI=1S/C23H26N4O3S/c1-4-13-27-21(16-22(28)24-18-10-6-5-9-17(18)2)25-26-23(27)31-15-14-30-20-12-8-7-11-19(20)29-3/h4-12H,1,13-16H2,2-3H3,(H,24,28). The van der Waals surface area contributed by atoms with Crippen molar-refractivity contribution in [1.82, 2.24) is 14.8 Å². The first kappa shape index (κ1) is 22.4. The highest BCUT2D eigenvalue weighted by Crippen LogP contribution is 2.26. The van der Waals surface area contributed by atoms with Crippen molar-refractivity contribution in [2.45, 2.75) is 25.0 Å². The molecule has 1 aromatic heterocycles. The van der Waals surface area contributed by atoms with Crippen molar-refractivity contribution in [2.24, 2.45) is 0 Å². The first-order chi connectivity index (χ1) is 15.1. The maximum atomic E-state index is 12.5. The van der Waals surface area contributed by atoms with E-state index in [2.05, 4.69) is 22.1 Å². The van der Waals surface area contributed by atoms with Gasteiger partial charge >= 0.3 is 0 Å². The summed E-state index contributed by atoms with van der Waals surface area (Å²) in [6.07, 6.45) is 1.90. The highest BCUT2D eigenvalue weighted by molar-refractivity contribution is 7.99. The van der Waals surface area contributed by atoms with Crippen LogP contribution >= 0.6 is 11.8 Å². The number of aromatic nitrogens is 3. The van der Waals surface area contributed by atoms with Gasteiger partial charge in [0.05, 0.1) is 20.1 Å². The Hall–Kier alpha value is -3.26. The zero-order valence-electron chi connectivity index (χ0n) is 17.7. The number of hydrogen-bond acceptors (Lipinski definition) is 6. The van der Waals surface area contributed by atoms with E-state index in [1.54, 1.807) is 13.2 Å². The molecule has 0 bridgehead atoms. The SMILES string of the molecule is C=CCn1c(CC(=O)Nc2ccccc2C)nnc1SCCOc1ccccc1OC. The van der Waals surface area contributed by atoms with E-state index in [9.17, 15) is 4.79 Å². The van der Waals surface area contributed by atoms with Crippen molar-refractivity contribution in [3.05, 3.63) is 72.6 Å². The van der Waals surface area contributed by atoms with Gasteiger partial charge in [-0.2, -0.15) is 0 Å². The number of thioether (sulfide) groups is 1. The fraction of sp³-hybridized carbons (Fsp3) is 0.261. The summed E-state index contributed by atoms with van der Waals surface area (Å²) in [7, 11) is 1.62. The Morgan fingerprint density at radius 3 is 2.65 bits per heavy atom. The molecule has 0 fully saturated rings. The quantitative estimate of drug-likeness (QED) is 0.275. The molecule has 0 saturated carbocycles. The number of nitrogens with zero attached hydrogens (tertiary/aromatic N) is 3. The summed E-state index contributed by atoms with van der Waals surface area (Å²) in [4.78, 5) is 12.5. The van der Waals surface area contributed by atoms with Crippen LogP contribution in [0.4, 0.5) is 5.69 Å². The number of rotatable bonds is 11. The van der Waals surface area contributed by atoms with Gasteiger partial charge in [-0.05, 0) is 30.7 Å². The van der Waals surface area contributed by atoms with Gasteiger partial charge in [0.25, 0.3) is 0 Å². The number of para-hydroxylation sites is 3. The van der Waals surface area contributed by atoms with Gasteiger partial charge in [0.2, 0.25) is 5.91 Å². The molecule has 1 N–H and O–H groups in total. The van der Waals surface area contributed by atoms with Crippen LogP contribution in [0, 0.1) is 6.92 Å². The summed E-state index contributed by atoms with van der Waals surface area (Å²) < 4.78 is 13.0. The molecule has 0 spiro atoms. The van der Waals surface area contributed by atoms with Crippen LogP contribution in [0.2, 0.25) is 0 Å². The number of allylic oxidation sites excluding steroid dienone is 1. The van der Waals surface area contributed by atoms with E-state index < -0.39 is 0 Å². The summed E-state index contributed by atoms with van der Waals surface area (Å²) in [5.41, 5.74) is 1.81. The minimum atomic E-state index is -0.136. The number of amides is 1. The average molecular weight is 439 g/mol. The molecule has 7 nitrogen and oxygen atoms in total. The smallest absolute Gasteiger partial charge is 0.232 e. The molecule has 8 heteroatoms. The molecule has 31 heavy (non-hydrogen) atoms. The third-order valence-electron chi connectivity index (χ3n) is 4.48. The maximum Gasteiger partial charge on any atom is 0.232 e. The maximum absolute atomic E-state index is 12.5. The highest BCUT2D eigenvalue weighted by atomic mass is 32.2. The lowest BCUT2D eigenvalue weighted by atomic mass is 10.2. The predicted molar refractivity (Wildman–Crippen MR) is 123 cm³/mol. The van der Waals surface area contributed by atoms with Crippen LogP contribution in [0.15, 0.2) is 66.3 Å². The Kier molecular flexibility index (Phi) is 8.12. The van der Waals surface area contributed by atoms with E-state index in [-0.39, 0.29) is 12.3 Å². The van der Waals surface area contributed by atoms with Gasteiger partial charge in [-0.25, -0.2) is 0 Å². The third kappa shape index (κ3) is 6.11. The van der Waals surface area contributed by atoms with Crippen molar-refractivity contribution in [1.29, 1.82) is 0 Å². The normalized spacial score (nSPS) is 10.5. The van der Waals surface area contributed by atoms with Crippen molar-refractivity contribution < 1.29 is 14.3 Å². The molecule has 0 aliphatic heterocycles. The minimum Gasteiger partial charge on any atom is -0.493 e. The zero-order chi connectivity index (χ0) is 22.1. The van der Waals surface area contributed by atoms with Gasteiger partial charge in [-0.3, -0.25) is 4.79 Å². The number of methoxy groups -OCH3 is 1. The van der Waals surface area contributed by atoms with Crippen molar-refractivity contribution in [3.8, 4) is 11.5 Å². The van der Waals surface area contributed by atoms with Gasteiger partial charge in [0.1, 0.15) is 5.82 Å². The second-order valence-corrected chi connectivity index (χ2v) is 7.75. The first-order valence-corrected chi connectivity index (χ1v) is 10.9. The molecule has 0 atom stereocenters. The van der Waals surface area contributed by atoms with Crippen LogP contribution in [-0.2, 0) is 17.8 Å². The Morgan fingerprint density at radius 2 is 1.90 bits per heavy atom. The summed E-state index contributed by atoms with van der Waals surface area (Å²) in [5, 5.41) is 12.1. The van der Waals surface area contributed by atoms with E-state index in [4.69, 9.17) is 9.47 Å². The van der Waals surface area contributed by atoms with Crippen LogP contribution in [0.5, 0.6) is 11.5 Å². The van der Waals surface area contributed by atoms with E-state index in [1.165, 1.54) is 11.8 Å². The molecule has 0 saturated heterocycles. The predicted octanol–water partition coefficient (Wildman–Crippen LogP) is 4.13. The average Bonchev–Trinajstić information content (AvgIpc) is 3.14. The van der Waals surface area contributed by atoms with Gasteiger partial charge in [-0.1, -0.05) is 48.2 Å². The van der Waals surface area contributed by atoms with E-state index in [0.717, 1.165) is 16.4 Å². The fourth-order valence-electron chi connectivity index (χ4n) is 2.94. The molecular formula is C23H26N4O3S. The van der Waals surface area contributed by atoms with Crippen LogP contribution < -0.4 is 14.8 Å². The second kappa shape index (κ2) is 11.2. The number of hydrogen-bond donors (Lipinski definition) is 1. The van der Waals surface area contributed by atoms with Gasteiger partial charge < -0.3 is 19.4 Å². The number of ether oxygens (including phenoxy) is 2. The lowest BCUT2D eigenvalue weighted by Crippen LogP contribution is -2.18. The Bertz CT molecular complexity index is 1040. The molecule has 0 radical (unpaired) electrons. The third-order valence-corrected chi connectivity index (χ3v) is 5.42. The van der Waals surface area contributed by atoms with Crippen LogP contribution in [-0.4, -0.2) is 40.1 Å². The number of benzene rings is 2. The van der Waals surface area contributed by atoms with Crippen molar-refractivity contribution >= 4 is 23.4 Å². The number of nitrogens with one attached hydrogen (secondary N) is 1. The molecule has 0 aliphatic rings. The van der Waals surface area contributed by atoms with Gasteiger partial charge in [0, 0.05) is 18.0 Å². The van der Waals surface area contributed by atoms with Crippen molar-refractivity contribution in [2.75, 3.05) is 24.8 Å². The molecular weight excluding hydrogens is 412 g/mol.